The van der Waals surface area contributed by atoms with Gasteiger partial charge in [-0.3, -0.25) is 4.79 Å². The minimum Gasteiger partial charge on any atom is -0.493 e. The van der Waals surface area contributed by atoms with Gasteiger partial charge >= 0.3 is 6.03 Å². The Morgan fingerprint density at radius 3 is 1.97 bits per heavy atom. The molecule has 0 spiro atoms. The number of nitrogens with one attached hydrogen (secondary N) is 2. The molecule has 0 aliphatic heterocycles. The molecule has 0 heterocycles. The zero-order valence-corrected chi connectivity index (χ0v) is 18.7. The van der Waals surface area contributed by atoms with Crippen LogP contribution in [0.3, 0.4) is 0 Å². The van der Waals surface area contributed by atoms with Crippen LogP contribution in [0.2, 0.25) is 0 Å². The highest BCUT2D eigenvalue weighted by molar-refractivity contribution is 5.84. The highest BCUT2D eigenvalue weighted by Crippen LogP contribution is 2.28. The molecule has 4 N–H and O–H groups in total. The van der Waals surface area contributed by atoms with Gasteiger partial charge in [-0.15, -0.1) is 0 Å². The number of hydrogen-bond acceptors (Lipinski definition) is 8. The van der Waals surface area contributed by atoms with Gasteiger partial charge in [-0.1, -0.05) is 0 Å². The monoisotopic (exact) mass is 457 g/mol. The van der Waals surface area contributed by atoms with Crippen LogP contribution in [0.5, 0.6) is 23.0 Å². The van der Waals surface area contributed by atoms with Crippen molar-refractivity contribution < 1.29 is 28.5 Å². The predicted molar refractivity (Wildman–Crippen MR) is 123 cm³/mol. The van der Waals surface area contributed by atoms with E-state index in [0.717, 1.165) is 5.56 Å². The molecule has 2 aromatic rings. The number of carbonyl (C=O) groups excluding carboxylic acids is 2. The summed E-state index contributed by atoms with van der Waals surface area (Å²) in [5.74, 6) is 1.52. The van der Waals surface area contributed by atoms with Crippen LogP contribution in [0.25, 0.3) is 0 Å². The van der Waals surface area contributed by atoms with E-state index in [4.69, 9.17) is 24.7 Å². The van der Waals surface area contributed by atoms with Gasteiger partial charge in [0.15, 0.2) is 29.6 Å². The van der Waals surface area contributed by atoms with E-state index < -0.39 is 11.9 Å². The van der Waals surface area contributed by atoms with E-state index in [2.05, 4.69) is 21.1 Å². The van der Waals surface area contributed by atoms with Gasteiger partial charge in [-0.2, -0.15) is 10.2 Å². The summed E-state index contributed by atoms with van der Waals surface area (Å²) in [5.41, 5.74) is 10.8. The quantitative estimate of drug-likeness (QED) is 0.328. The molecule has 0 unspecified atom stereocenters. The number of methoxy groups -OCH3 is 1. The van der Waals surface area contributed by atoms with E-state index in [9.17, 15) is 9.59 Å². The molecule has 3 amide bonds. The number of rotatable bonds is 12. The molecular formula is C22H27N5O6. The van der Waals surface area contributed by atoms with E-state index >= 15 is 0 Å². The molecule has 11 heteroatoms. The zero-order chi connectivity index (χ0) is 24.1. The molecule has 0 atom stereocenters. The zero-order valence-electron chi connectivity index (χ0n) is 18.7. The second-order valence-electron chi connectivity index (χ2n) is 6.30. The van der Waals surface area contributed by atoms with Gasteiger partial charge in [0.2, 0.25) is 0 Å². The van der Waals surface area contributed by atoms with Crippen molar-refractivity contribution in [3.8, 4) is 23.0 Å². The van der Waals surface area contributed by atoms with Crippen molar-refractivity contribution >= 4 is 24.4 Å². The molecule has 0 radical (unpaired) electrons. The summed E-state index contributed by atoms with van der Waals surface area (Å²) >= 11 is 0. The second-order valence-corrected chi connectivity index (χ2v) is 6.30. The number of nitrogens with two attached hydrogens (primary N) is 1. The first-order valence-corrected chi connectivity index (χ1v) is 10.1. The maximum atomic E-state index is 12.1. The third-order valence-corrected chi connectivity index (χ3v) is 3.91. The fraction of sp³-hybridized carbons (Fsp3) is 0.273. The SMILES string of the molecule is CCOc1ccc(/C=N/NC(=O)COc2ccc(/C=N/NC(N)=O)cc2OC)cc1OCC. The van der Waals surface area contributed by atoms with Crippen LogP contribution in [-0.4, -0.2) is 51.3 Å². The van der Waals surface area contributed by atoms with Crippen LogP contribution in [0.1, 0.15) is 25.0 Å². The Balaban J connectivity index is 1.92. The normalized spacial score (nSPS) is 10.8. The number of hydrazone groups is 2. The minimum atomic E-state index is -0.774. The van der Waals surface area contributed by atoms with E-state index in [1.54, 1.807) is 36.4 Å². The van der Waals surface area contributed by atoms with Crippen molar-refractivity contribution in [2.45, 2.75) is 13.8 Å². The Kier molecular flexibility index (Phi) is 9.99. The van der Waals surface area contributed by atoms with Gasteiger partial charge in [0.1, 0.15) is 0 Å². The number of hydrogen-bond donors (Lipinski definition) is 3. The fourth-order valence-electron chi connectivity index (χ4n) is 2.56. The lowest BCUT2D eigenvalue weighted by molar-refractivity contribution is -0.123. The van der Waals surface area contributed by atoms with Crippen molar-refractivity contribution in [3.05, 3.63) is 47.5 Å². The number of primary amides is 1. The van der Waals surface area contributed by atoms with Crippen LogP contribution < -0.4 is 35.5 Å². The summed E-state index contributed by atoms with van der Waals surface area (Å²) < 4.78 is 21.9. The predicted octanol–water partition coefficient (Wildman–Crippen LogP) is 2.02. The molecule has 0 saturated heterocycles. The minimum absolute atomic E-state index is 0.280. The third-order valence-electron chi connectivity index (χ3n) is 3.91. The third kappa shape index (κ3) is 8.40. The van der Waals surface area contributed by atoms with Crippen molar-refractivity contribution in [1.82, 2.24) is 10.9 Å². The Morgan fingerprint density at radius 1 is 0.848 bits per heavy atom. The summed E-state index contributed by atoms with van der Waals surface area (Å²) in [6.07, 6.45) is 2.88. The van der Waals surface area contributed by atoms with Crippen LogP contribution in [0.4, 0.5) is 4.79 Å². The summed E-state index contributed by atoms with van der Waals surface area (Å²) in [6, 6.07) is 9.48. The van der Waals surface area contributed by atoms with Crippen LogP contribution in [-0.2, 0) is 4.79 Å². The van der Waals surface area contributed by atoms with Crippen molar-refractivity contribution in [1.29, 1.82) is 0 Å². The Labute approximate surface area is 191 Å². The van der Waals surface area contributed by atoms with Crippen molar-refractivity contribution in [2.24, 2.45) is 15.9 Å². The van der Waals surface area contributed by atoms with Gasteiger partial charge in [0, 0.05) is 0 Å². The molecule has 0 aliphatic carbocycles. The number of carbonyl (C=O) groups is 2. The molecule has 33 heavy (non-hydrogen) atoms. The Morgan fingerprint density at radius 2 is 1.39 bits per heavy atom. The average molecular weight is 457 g/mol. The fourth-order valence-corrected chi connectivity index (χ4v) is 2.56. The molecule has 0 aromatic heterocycles. The topological polar surface area (TPSA) is 146 Å². The lowest BCUT2D eigenvalue weighted by Crippen LogP contribution is -2.24. The smallest absolute Gasteiger partial charge is 0.332 e. The first-order chi connectivity index (χ1) is 16.0. The first-order valence-electron chi connectivity index (χ1n) is 10.1. The molecule has 0 fully saturated rings. The maximum Gasteiger partial charge on any atom is 0.332 e. The second kappa shape index (κ2) is 13.2. The average Bonchev–Trinajstić information content (AvgIpc) is 2.79. The number of amides is 3. The summed E-state index contributed by atoms with van der Waals surface area (Å²) in [5, 5.41) is 7.61. The van der Waals surface area contributed by atoms with Crippen molar-refractivity contribution in [3.63, 3.8) is 0 Å². The Bertz CT molecular complexity index is 1010. The van der Waals surface area contributed by atoms with E-state index in [0.29, 0.717) is 41.8 Å². The highest BCUT2D eigenvalue weighted by atomic mass is 16.5. The van der Waals surface area contributed by atoms with E-state index in [1.165, 1.54) is 19.5 Å². The van der Waals surface area contributed by atoms with Crippen LogP contribution in [0, 0.1) is 0 Å². The highest BCUT2D eigenvalue weighted by Gasteiger charge is 2.09. The summed E-state index contributed by atoms with van der Waals surface area (Å²) in [4.78, 5) is 22.7. The number of benzene rings is 2. The lowest BCUT2D eigenvalue weighted by Gasteiger charge is -2.11. The van der Waals surface area contributed by atoms with E-state index in [1.807, 2.05) is 13.8 Å². The molecule has 2 rings (SSSR count). The number of urea groups is 1. The van der Waals surface area contributed by atoms with Gasteiger partial charge < -0.3 is 24.7 Å². The van der Waals surface area contributed by atoms with Gasteiger partial charge in [-0.25, -0.2) is 15.6 Å². The Hall–Kier alpha value is -4.28. The molecule has 11 nitrogen and oxygen atoms in total. The summed E-state index contributed by atoms with van der Waals surface area (Å²) in [7, 11) is 1.46. The molecule has 0 bridgehead atoms. The van der Waals surface area contributed by atoms with Crippen molar-refractivity contribution in [2.75, 3.05) is 26.9 Å². The molecular weight excluding hydrogens is 430 g/mol. The van der Waals surface area contributed by atoms with Gasteiger partial charge in [-0.05, 0) is 61.4 Å². The number of ether oxygens (including phenoxy) is 4. The first kappa shape index (κ1) is 25.0. The molecule has 0 saturated carbocycles. The van der Waals surface area contributed by atoms with Crippen LogP contribution >= 0.6 is 0 Å². The molecule has 2 aromatic carbocycles. The van der Waals surface area contributed by atoms with Gasteiger partial charge in [0.05, 0.1) is 32.8 Å². The molecule has 176 valence electrons. The standard InChI is InChI=1S/C22H27N5O6/c1-4-31-18-9-7-16(11-20(18)32-5-2)12-24-26-21(28)14-33-17-8-6-15(10-19(17)30-3)13-25-27-22(23)29/h6-13H,4-5,14H2,1-3H3,(H,26,28)(H3,23,27,29)/b24-12+,25-13+. The van der Waals surface area contributed by atoms with E-state index in [-0.39, 0.29) is 6.61 Å². The summed E-state index contributed by atoms with van der Waals surface area (Å²) in [6.45, 7) is 4.52. The maximum absolute atomic E-state index is 12.1. The number of nitrogens with zero attached hydrogens (tertiary/aromatic N) is 2. The lowest BCUT2D eigenvalue weighted by atomic mass is 10.2. The van der Waals surface area contributed by atoms with Gasteiger partial charge in [0.25, 0.3) is 5.91 Å². The van der Waals surface area contributed by atoms with Crippen LogP contribution in [0.15, 0.2) is 46.6 Å². The molecule has 0 aliphatic rings. The largest absolute Gasteiger partial charge is 0.493 e.